The summed E-state index contributed by atoms with van der Waals surface area (Å²) in [6.07, 6.45) is 6.58. The number of nitrogens with zero attached hydrogens (tertiary/aromatic N) is 2. The summed E-state index contributed by atoms with van der Waals surface area (Å²) < 4.78 is 26.6. The topological polar surface area (TPSA) is 46.4 Å². The van der Waals surface area contributed by atoms with E-state index in [1.165, 1.54) is 11.1 Å². The number of benzene rings is 1. The second kappa shape index (κ2) is 4.32. The zero-order chi connectivity index (χ0) is 12.4. The van der Waals surface area contributed by atoms with Crippen molar-refractivity contribution in [2.45, 2.75) is 0 Å². The number of hydrogen-bond acceptors (Lipinski definition) is 3. The number of nitro benzene ring substituents is 1. The molecule has 88 valence electrons. The van der Waals surface area contributed by atoms with Gasteiger partial charge in [-0.3, -0.25) is 10.1 Å². The van der Waals surface area contributed by atoms with Crippen LogP contribution in [0.5, 0.6) is 0 Å². The lowest BCUT2D eigenvalue weighted by atomic mass is 10.2. The Bertz CT molecular complexity index is 526. The Hall–Kier alpha value is -2.24. The highest BCUT2D eigenvalue weighted by Gasteiger charge is 2.24. The van der Waals surface area contributed by atoms with Crippen LogP contribution in [0.4, 0.5) is 20.2 Å². The van der Waals surface area contributed by atoms with Crippen molar-refractivity contribution in [2.24, 2.45) is 0 Å². The number of hydrogen-bond donors (Lipinski definition) is 0. The van der Waals surface area contributed by atoms with Crippen LogP contribution in [-0.4, -0.2) is 11.5 Å². The molecular weight excluding hydrogens is 230 g/mol. The fourth-order valence-corrected chi connectivity index (χ4v) is 1.61. The molecule has 1 aliphatic heterocycles. The van der Waals surface area contributed by atoms with Crippen LogP contribution >= 0.6 is 0 Å². The predicted octanol–water partition coefficient (Wildman–Crippen LogP) is 2.76. The third-order valence-electron chi connectivity index (χ3n) is 2.31. The molecule has 0 amide bonds. The lowest BCUT2D eigenvalue weighted by molar-refractivity contribution is -0.384. The average molecular weight is 238 g/mol. The second-order valence-corrected chi connectivity index (χ2v) is 3.43. The summed E-state index contributed by atoms with van der Waals surface area (Å²) in [5.41, 5.74) is -0.806. The van der Waals surface area contributed by atoms with Gasteiger partial charge in [-0.2, -0.15) is 0 Å². The Labute approximate surface area is 95.6 Å². The first-order valence-electron chi connectivity index (χ1n) is 4.83. The molecule has 0 aromatic heterocycles. The normalized spacial score (nSPS) is 14.1. The van der Waals surface area contributed by atoms with Gasteiger partial charge in [0.2, 0.25) is 0 Å². The molecule has 6 heteroatoms. The fraction of sp³-hybridized carbons (Fsp3) is 0.0909. The van der Waals surface area contributed by atoms with E-state index in [0.717, 1.165) is 0 Å². The quantitative estimate of drug-likeness (QED) is 0.588. The molecule has 1 aromatic rings. The minimum absolute atomic E-state index is 0.225. The minimum atomic E-state index is -0.963. The summed E-state index contributed by atoms with van der Waals surface area (Å²) in [5.74, 6) is -1.91. The van der Waals surface area contributed by atoms with E-state index in [1.807, 2.05) is 0 Å². The first-order valence-corrected chi connectivity index (χ1v) is 4.83. The van der Waals surface area contributed by atoms with Crippen LogP contribution in [0.3, 0.4) is 0 Å². The maximum Gasteiger partial charge on any atom is 0.298 e. The van der Waals surface area contributed by atoms with Crippen molar-refractivity contribution in [3.63, 3.8) is 0 Å². The van der Waals surface area contributed by atoms with Crippen molar-refractivity contribution in [1.29, 1.82) is 0 Å². The van der Waals surface area contributed by atoms with Crippen molar-refractivity contribution in [2.75, 3.05) is 11.4 Å². The first kappa shape index (κ1) is 11.3. The van der Waals surface area contributed by atoms with E-state index in [1.54, 1.807) is 18.2 Å². The standard InChI is InChI=1S/C11H8F2N2O2/c12-8-6-9(13)11(10(7-8)15(16)17)14-4-2-1-3-5-14/h1-4,6-7H,5H2. The third-order valence-corrected chi connectivity index (χ3v) is 2.31. The molecule has 1 aliphatic rings. The second-order valence-electron chi connectivity index (χ2n) is 3.43. The average Bonchev–Trinajstić information content (AvgIpc) is 2.29. The van der Waals surface area contributed by atoms with Gasteiger partial charge in [0.15, 0.2) is 11.5 Å². The molecule has 1 aromatic carbocycles. The molecule has 0 radical (unpaired) electrons. The molecule has 0 saturated carbocycles. The zero-order valence-corrected chi connectivity index (χ0v) is 8.64. The fourth-order valence-electron chi connectivity index (χ4n) is 1.61. The Balaban J connectivity index is 2.55. The summed E-state index contributed by atoms with van der Waals surface area (Å²) in [6.45, 7) is 0.305. The van der Waals surface area contributed by atoms with Gasteiger partial charge in [0.25, 0.3) is 5.69 Å². The molecule has 0 saturated heterocycles. The number of nitro groups is 1. The maximum atomic E-state index is 13.6. The van der Waals surface area contributed by atoms with Crippen LogP contribution in [0.2, 0.25) is 0 Å². The zero-order valence-electron chi connectivity index (χ0n) is 8.64. The van der Waals surface area contributed by atoms with Gasteiger partial charge >= 0.3 is 0 Å². The summed E-state index contributed by atoms with van der Waals surface area (Å²) in [5, 5.41) is 10.8. The van der Waals surface area contributed by atoms with Crippen molar-refractivity contribution < 1.29 is 13.7 Å². The van der Waals surface area contributed by atoms with Crippen molar-refractivity contribution in [3.05, 3.63) is 58.3 Å². The van der Waals surface area contributed by atoms with Crippen LogP contribution in [0.15, 0.2) is 36.6 Å². The molecule has 0 N–H and O–H groups in total. The molecule has 0 spiro atoms. The van der Waals surface area contributed by atoms with E-state index in [9.17, 15) is 18.9 Å². The van der Waals surface area contributed by atoms with Crippen molar-refractivity contribution in [1.82, 2.24) is 0 Å². The first-order chi connectivity index (χ1) is 8.09. The van der Waals surface area contributed by atoms with Gasteiger partial charge in [-0.05, 0) is 6.08 Å². The van der Waals surface area contributed by atoms with E-state index >= 15 is 0 Å². The molecular formula is C11H8F2N2O2. The molecule has 0 atom stereocenters. The summed E-state index contributed by atoms with van der Waals surface area (Å²) in [4.78, 5) is 11.3. The largest absolute Gasteiger partial charge is 0.336 e. The van der Waals surface area contributed by atoms with Crippen molar-refractivity contribution >= 4 is 11.4 Å². The Kier molecular flexibility index (Phi) is 2.86. The number of halogens is 2. The van der Waals surface area contributed by atoms with Gasteiger partial charge in [0.1, 0.15) is 5.82 Å². The Morgan fingerprint density at radius 2 is 2.06 bits per heavy atom. The highest BCUT2D eigenvalue weighted by Crippen LogP contribution is 2.32. The van der Waals surface area contributed by atoms with Crippen LogP contribution in [-0.2, 0) is 0 Å². The van der Waals surface area contributed by atoms with Gasteiger partial charge in [-0.1, -0.05) is 12.2 Å². The highest BCUT2D eigenvalue weighted by atomic mass is 19.1. The van der Waals surface area contributed by atoms with Crippen LogP contribution in [0.1, 0.15) is 0 Å². The van der Waals surface area contributed by atoms with E-state index < -0.39 is 22.2 Å². The van der Waals surface area contributed by atoms with E-state index in [2.05, 4.69) is 0 Å². The summed E-state index contributed by atoms with van der Waals surface area (Å²) in [7, 11) is 0. The molecule has 0 fully saturated rings. The van der Waals surface area contributed by atoms with Gasteiger partial charge in [-0.25, -0.2) is 8.78 Å². The molecule has 0 bridgehead atoms. The van der Waals surface area contributed by atoms with E-state index in [4.69, 9.17) is 0 Å². The Morgan fingerprint density at radius 1 is 1.29 bits per heavy atom. The smallest absolute Gasteiger partial charge is 0.298 e. The SMILES string of the molecule is O=[N+]([O-])c1cc(F)cc(F)c1N1C=CC=CC1. The van der Waals surface area contributed by atoms with Gasteiger partial charge in [0.05, 0.1) is 11.0 Å². The molecule has 4 nitrogen and oxygen atoms in total. The van der Waals surface area contributed by atoms with Crippen LogP contribution in [0.25, 0.3) is 0 Å². The van der Waals surface area contributed by atoms with E-state index in [-0.39, 0.29) is 5.69 Å². The summed E-state index contributed by atoms with van der Waals surface area (Å²) in [6, 6.07) is 1.35. The third kappa shape index (κ3) is 2.15. The van der Waals surface area contributed by atoms with Crippen LogP contribution < -0.4 is 4.90 Å². The highest BCUT2D eigenvalue weighted by molar-refractivity contribution is 5.66. The number of rotatable bonds is 2. The molecule has 1 heterocycles. The number of anilines is 1. The lowest BCUT2D eigenvalue weighted by Crippen LogP contribution is -2.20. The molecule has 2 rings (SSSR count). The van der Waals surface area contributed by atoms with Gasteiger partial charge in [-0.15, -0.1) is 0 Å². The predicted molar refractivity (Wildman–Crippen MR) is 58.6 cm³/mol. The lowest BCUT2D eigenvalue weighted by Gasteiger charge is -2.20. The minimum Gasteiger partial charge on any atom is -0.336 e. The molecule has 0 unspecified atom stereocenters. The maximum absolute atomic E-state index is 13.6. The summed E-state index contributed by atoms with van der Waals surface area (Å²) >= 11 is 0. The van der Waals surface area contributed by atoms with Crippen LogP contribution in [0, 0.1) is 21.7 Å². The number of allylic oxidation sites excluding steroid dienone is 2. The molecule has 17 heavy (non-hydrogen) atoms. The van der Waals surface area contributed by atoms with Crippen molar-refractivity contribution in [3.8, 4) is 0 Å². The van der Waals surface area contributed by atoms with E-state index in [0.29, 0.717) is 18.7 Å². The van der Waals surface area contributed by atoms with Gasteiger partial charge < -0.3 is 4.90 Å². The monoisotopic (exact) mass is 238 g/mol. The molecule has 0 aliphatic carbocycles. The Morgan fingerprint density at radius 3 is 2.65 bits per heavy atom. The van der Waals surface area contributed by atoms with Gasteiger partial charge in [0, 0.05) is 18.8 Å².